The Morgan fingerprint density at radius 2 is 1.91 bits per heavy atom. The van der Waals surface area contributed by atoms with Crippen molar-refractivity contribution < 1.29 is 23.2 Å². The number of para-hydroxylation sites is 1. The predicted molar refractivity (Wildman–Crippen MR) is 125 cm³/mol. The lowest BCUT2D eigenvalue weighted by Gasteiger charge is -2.24. The Morgan fingerprint density at radius 3 is 2.68 bits per heavy atom. The predicted octanol–water partition coefficient (Wildman–Crippen LogP) is 3.93. The number of nitrogens with zero attached hydrogens (tertiary/aromatic N) is 2. The number of carbonyl (C=O) groups excluding carboxylic acids is 3. The second-order valence-electron chi connectivity index (χ2n) is 8.34. The number of ketones is 1. The van der Waals surface area contributed by atoms with Gasteiger partial charge in [0.1, 0.15) is 18.5 Å². The molecular weight excluding hydrogens is 464 g/mol. The van der Waals surface area contributed by atoms with E-state index in [2.05, 4.69) is 5.32 Å². The van der Waals surface area contributed by atoms with Crippen molar-refractivity contribution in [1.82, 2.24) is 14.8 Å². The van der Waals surface area contributed by atoms with E-state index in [1.54, 1.807) is 47.2 Å². The van der Waals surface area contributed by atoms with E-state index in [9.17, 15) is 23.2 Å². The zero-order valence-electron chi connectivity index (χ0n) is 18.6. The van der Waals surface area contributed by atoms with Crippen molar-refractivity contribution >= 4 is 40.1 Å². The molecule has 0 bridgehead atoms. The van der Waals surface area contributed by atoms with E-state index in [0.717, 1.165) is 0 Å². The number of alkyl halides is 1. The van der Waals surface area contributed by atoms with E-state index in [0.29, 0.717) is 22.0 Å². The van der Waals surface area contributed by atoms with Crippen LogP contribution in [0.1, 0.15) is 28.8 Å². The fraction of sp³-hybridized carbons (Fsp3) is 0.320. The fourth-order valence-corrected chi connectivity index (χ4v) is 4.66. The van der Waals surface area contributed by atoms with Crippen molar-refractivity contribution in [2.45, 2.75) is 38.0 Å². The topological polar surface area (TPSA) is 71.4 Å². The molecule has 1 fully saturated rings. The maximum atomic E-state index is 14.3. The molecule has 1 saturated heterocycles. The molecule has 2 atom stereocenters. The number of rotatable bonds is 7. The Labute approximate surface area is 200 Å². The van der Waals surface area contributed by atoms with Crippen molar-refractivity contribution in [3.8, 4) is 0 Å². The van der Waals surface area contributed by atoms with Gasteiger partial charge in [0.15, 0.2) is 5.78 Å². The molecule has 2 amide bonds. The van der Waals surface area contributed by atoms with Crippen LogP contribution in [0.25, 0.3) is 10.9 Å². The highest BCUT2D eigenvalue weighted by molar-refractivity contribution is 6.30. The summed E-state index contributed by atoms with van der Waals surface area (Å²) in [5, 5.41) is 3.25. The van der Waals surface area contributed by atoms with Crippen molar-refractivity contribution in [2.24, 2.45) is 0 Å². The summed E-state index contributed by atoms with van der Waals surface area (Å²) in [7, 11) is 1.52. The molecule has 4 rings (SSSR count). The van der Waals surface area contributed by atoms with Gasteiger partial charge in [0.25, 0.3) is 5.91 Å². The van der Waals surface area contributed by atoms with Crippen LogP contribution in [0.2, 0.25) is 5.02 Å². The summed E-state index contributed by atoms with van der Waals surface area (Å²) in [5.74, 6) is -1.60. The molecule has 0 aliphatic carbocycles. The van der Waals surface area contributed by atoms with E-state index < -0.39 is 23.9 Å². The third-order valence-corrected chi connectivity index (χ3v) is 6.47. The summed E-state index contributed by atoms with van der Waals surface area (Å²) in [4.78, 5) is 39.6. The zero-order chi connectivity index (χ0) is 24.4. The van der Waals surface area contributed by atoms with Crippen LogP contribution in [0.5, 0.6) is 0 Å². The van der Waals surface area contributed by atoms with Gasteiger partial charge in [-0.1, -0.05) is 41.9 Å². The number of benzene rings is 2. The number of fused-ring (bicyclic) bond motifs is 1. The zero-order valence-corrected chi connectivity index (χ0v) is 19.3. The second-order valence-corrected chi connectivity index (χ2v) is 8.75. The van der Waals surface area contributed by atoms with Gasteiger partial charge in [-0.15, -0.1) is 0 Å². The van der Waals surface area contributed by atoms with Crippen LogP contribution in [0, 0.1) is 5.82 Å². The number of halogens is 3. The molecule has 0 spiro atoms. The number of nitrogens with one attached hydrogen (secondary N) is 1. The second kappa shape index (κ2) is 9.93. The number of amides is 2. The van der Waals surface area contributed by atoms with Gasteiger partial charge in [0.05, 0.1) is 23.2 Å². The summed E-state index contributed by atoms with van der Waals surface area (Å²) >= 11 is 5.80. The molecule has 0 saturated carbocycles. The lowest BCUT2D eigenvalue weighted by Crippen LogP contribution is -2.42. The van der Waals surface area contributed by atoms with E-state index in [-0.39, 0.29) is 49.1 Å². The van der Waals surface area contributed by atoms with Crippen molar-refractivity contribution in [3.05, 3.63) is 70.6 Å². The molecule has 2 aromatic carbocycles. The Morgan fingerprint density at radius 1 is 1.15 bits per heavy atom. The van der Waals surface area contributed by atoms with Crippen LogP contribution in [-0.4, -0.2) is 52.9 Å². The molecule has 3 aromatic rings. The van der Waals surface area contributed by atoms with Gasteiger partial charge < -0.3 is 14.8 Å². The lowest BCUT2D eigenvalue weighted by atomic mass is 10.0. The van der Waals surface area contributed by atoms with Crippen molar-refractivity contribution in [1.29, 1.82) is 0 Å². The van der Waals surface area contributed by atoms with Crippen molar-refractivity contribution in [2.75, 3.05) is 13.6 Å². The number of hydrogen-bond acceptors (Lipinski definition) is 3. The average molecular weight is 488 g/mol. The average Bonchev–Trinajstić information content (AvgIpc) is 3.40. The van der Waals surface area contributed by atoms with Gasteiger partial charge in [0.2, 0.25) is 5.91 Å². The molecule has 0 unspecified atom stereocenters. The van der Waals surface area contributed by atoms with Gasteiger partial charge >= 0.3 is 0 Å². The number of aryl methyl sites for hydroxylation is 1. The minimum atomic E-state index is -1.32. The van der Waals surface area contributed by atoms with Crippen LogP contribution < -0.4 is 5.32 Å². The molecule has 0 radical (unpaired) electrons. The fourth-order valence-electron chi connectivity index (χ4n) is 4.46. The van der Waals surface area contributed by atoms with Gasteiger partial charge in [-0.3, -0.25) is 14.4 Å². The first-order chi connectivity index (χ1) is 16.3. The van der Waals surface area contributed by atoms with Gasteiger partial charge in [-0.25, -0.2) is 8.78 Å². The molecule has 1 aliphatic rings. The first-order valence-corrected chi connectivity index (χ1v) is 11.4. The monoisotopic (exact) mass is 487 g/mol. The minimum absolute atomic E-state index is 0.0264. The highest BCUT2D eigenvalue weighted by Gasteiger charge is 2.39. The molecular formula is C25H24ClF2N3O3. The summed E-state index contributed by atoms with van der Waals surface area (Å²) in [6.07, 6.45) is 0.259. The van der Waals surface area contributed by atoms with E-state index in [4.69, 9.17) is 11.6 Å². The van der Waals surface area contributed by atoms with E-state index >= 15 is 0 Å². The minimum Gasteiger partial charge on any atom is -0.355 e. The molecule has 1 aliphatic heterocycles. The normalized spacial score (nSPS) is 17.8. The molecule has 6 nitrogen and oxygen atoms in total. The Hall–Kier alpha value is -3.26. The maximum Gasteiger partial charge on any atom is 0.253 e. The van der Waals surface area contributed by atoms with E-state index in [1.807, 2.05) is 0 Å². The number of likely N-dealkylation sites (tertiary alicyclic amines) is 1. The van der Waals surface area contributed by atoms with Gasteiger partial charge in [0, 0.05) is 37.0 Å². The largest absolute Gasteiger partial charge is 0.355 e. The van der Waals surface area contributed by atoms with Gasteiger partial charge in [-0.2, -0.15) is 0 Å². The van der Waals surface area contributed by atoms with Crippen LogP contribution in [0.3, 0.4) is 0 Å². The summed E-state index contributed by atoms with van der Waals surface area (Å²) in [6, 6.07) is 10.8. The van der Waals surface area contributed by atoms with E-state index in [1.165, 1.54) is 18.0 Å². The first kappa shape index (κ1) is 23.9. The number of Topliss-reactive ketones (excluding diaryl/α,β-unsaturated/α-hetero) is 1. The summed E-state index contributed by atoms with van der Waals surface area (Å²) in [6.45, 7) is -0.320. The summed E-state index contributed by atoms with van der Waals surface area (Å²) < 4.78 is 30.1. The van der Waals surface area contributed by atoms with Gasteiger partial charge in [-0.05, 0) is 24.1 Å². The quantitative estimate of drug-likeness (QED) is 0.549. The third kappa shape index (κ3) is 4.68. The SMILES string of the molecule is CNC(=O)c1cn(CC(=O)N2C[C@H](F)C[C@H]2C(=O)CCc2cccc(Cl)c2F)c2ccccc12. The number of hydrogen-bond donors (Lipinski definition) is 1. The maximum absolute atomic E-state index is 14.3. The molecule has 9 heteroatoms. The standard InChI is InChI=1S/C25H24ClF2N3O3/c1-29-25(34)18-13-30(20-8-3-2-6-17(18)20)14-23(33)31-12-16(27)11-21(31)22(32)10-9-15-5-4-7-19(26)24(15)28/h2-8,13,16,21H,9-12,14H2,1H3,(H,29,34)/t16-,21+/m1/s1. The molecule has 1 aromatic heterocycles. The van der Waals surface area contributed by atoms with Crippen LogP contribution >= 0.6 is 11.6 Å². The molecule has 1 N–H and O–H groups in total. The first-order valence-electron chi connectivity index (χ1n) is 11.0. The van der Waals surface area contributed by atoms with Crippen LogP contribution in [0.4, 0.5) is 8.78 Å². The molecule has 178 valence electrons. The van der Waals surface area contributed by atoms with Crippen molar-refractivity contribution in [3.63, 3.8) is 0 Å². The Balaban J connectivity index is 1.51. The number of aromatic nitrogens is 1. The third-order valence-electron chi connectivity index (χ3n) is 6.18. The van der Waals surface area contributed by atoms with Crippen LogP contribution in [0.15, 0.2) is 48.7 Å². The molecule has 2 heterocycles. The number of carbonyl (C=O) groups is 3. The Kier molecular flexibility index (Phi) is 6.97. The highest BCUT2D eigenvalue weighted by Crippen LogP contribution is 2.26. The highest BCUT2D eigenvalue weighted by atomic mass is 35.5. The molecule has 34 heavy (non-hydrogen) atoms. The van der Waals surface area contributed by atoms with Crippen LogP contribution in [-0.2, 0) is 22.6 Å². The Bertz CT molecular complexity index is 1260. The summed E-state index contributed by atoms with van der Waals surface area (Å²) in [5.41, 5.74) is 1.41. The smallest absolute Gasteiger partial charge is 0.253 e. The lowest BCUT2D eigenvalue weighted by molar-refractivity contribution is -0.138.